The van der Waals surface area contributed by atoms with Gasteiger partial charge in [-0.25, -0.2) is 8.42 Å². The molecule has 0 heterocycles. The molecule has 1 N–H and O–H groups in total. The predicted molar refractivity (Wildman–Crippen MR) is 158 cm³/mol. The first-order chi connectivity index (χ1) is 20.3. The second kappa shape index (κ2) is 14.6. The molecule has 2 amide bonds. The van der Waals surface area contributed by atoms with Gasteiger partial charge in [0.25, 0.3) is 10.0 Å². The number of nitrogens with zero attached hydrogens (tertiary/aromatic N) is 2. The standard InChI is InChI=1S/C30H33ClF3N3O5S/c1-4-16-35-29(39)27(5-2)36(19-21-10-9-11-23(17-21)42-3)28(38)20-37(43(40,41)24-12-7-6-8-13-24)22-14-15-26(31)25(18-22)30(32,33)34/h6-15,17-18,27H,4-5,16,19-20H2,1-3H3,(H,35,39)/t27-/m0/s1. The van der Waals surface area contributed by atoms with Crippen molar-refractivity contribution in [3.63, 3.8) is 0 Å². The fraction of sp³-hybridized carbons (Fsp3) is 0.333. The Morgan fingerprint density at radius 1 is 1.00 bits per heavy atom. The summed E-state index contributed by atoms with van der Waals surface area (Å²) in [6, 6.07) is 15.4. The maximum absolute atomic E-state index is 14.1. The second-order valence-electron chi connectivity index (χ2n) is 9.57. The molecule has 3 aromatic carbocycles. The van der Waals surface area contributed by atoms with Crippen LogP contribution in [0.2, 0.25) is 5.02 Å². The summed E-state index contributed by atoms with van der Waals surface area (Å²) in [6.07, 6.45) is -4.05. The monoisotopic (exact) mass is 639 g/mol. The minimum atomic E-state index is -4.89. The summed E-state index contributed by atoms with van der Waals surface area (Å²) in [4.78, 5) is 28.2. The normalized spacial score (nSPS) is 12.3. The number of sulfonamides is 1. The molecule has 0 aromatic heterocycles. The highest BCUT2D eigenvalue weighted by molar-refractivity contribution is 7.92. The quantitative estimate of drug-likeness (QED) is 0.251. The van der Waals surface area contributed by atoms with E-state index in [0.29, 0.717) is 34.7 Å². The highest BCUT2D eigenvalue weighted by Gasteiger charge is 2.37. The Balaban J connectivity index is 2.13. The largest absolute Gasteiger partial charge is 0.497 e. The van der Waals surface area contributed by atoms with E-state index in [1.165, 1.54) is 36.3 Å². The summed E-state index contributed by atoms with van der Waals surface area (Å²) in [7, 11) is -3.08. The van der Waals surface area contributed by atoms with Crippen LogP contribution in [-0.2, 0) is 32.3 Å². The Morgan fingerprint density at radius 2 is 1.70 bits per heavy atom. The molecule has 0 bridgehead atoms. The molecule has 0 saturated carbocycles. The van der Waals surface area contributed by atoms with Crippen LogP contribution in [0.4, 0.5) is 18.9 Å². The average molecular weight is 640 g/mol. The van der Waals surface area contributed by atoms with Crippen LogP contribution < -0.4 is 14.4 Å². The molecule has 43 heavy (non-hydrogen) atoms. The summed E-state index contributed by atoms with van der Waals surface area (Å²) in [5, 5.41) is 2.14. The molecular formula is C30H33ClF3N3O5S. The fourth-order valence-corrected chi connectivity index (χ4v) is 6.04. The van der Waals surface area contributed by atoms with Crippen LogP contribution in [0.1, 0.15) is 37.8 Å². The molecule has 232 valence electrons. The van der Waals surface area contributed by atoms with Gasteiger partial charge in [-0.2, -0.15) is 13.2 Å². The molecule has 0 fully saturated rings. The van der Waals surface area contributed by atoms with Crippen LogP contribution in [0.5, 0.6) is 5.75 Å². The van der Waals surface area contributed by atoms with E-state index in [2.05, 4.69) is 5.32 Å². The molecule has 0 unspecified atom stereocenters. The summed E-state index contributed by atoms with van der Waals surface area (Å²) in [6.45, 7) is 2.94. The molecule has 0 saturated heterocycles. The zero-order valence-electron chi connectivity index (χ0n) is 23.9. The lowest BCUT2D eigenvalue weighted by Gasteiger charge is -2.33. The molecule has 8 nitrogen and oxygen atoms in total. The average Bonchev–Trinajstić information content (AvgIpc) is 2.98. The van der Waals surface area contributed by atoms with Crippen LogP contribution in [-0.4, -0.2) is 51.4 Å². The minimum Gasteiger partial charge on any atom is -0.497 e. The topological polar surface area (TPSA) is 96.0 Å². The fourth-order valence-electron chi connectivity index (χ4n) is 4.39. The lowest BCUT2D eigenvalue weighted by molar-refractivity contribution is -0.140. The molecular weight excluding hydrogens is 607 g/mol. The lowest BCUT2D eigenvalue weighted by atomic mass is 10.1. The maximum Gasteiger partial charge on any atom is 0.417 e. The summed E-state index contributed by atoms with van der Waals surface area (Å²) in [5.41, 5.74) is -1.08. The Bertz CT molecular complexity index is 1520. The predicted octanol–water partition coefficient (Wildman–Crippen LogP) is 5.90. The number of carbonyl (C=O) groups excluding carboxylic acids is 2. The Hall–Kier alpha value is -3.77. The molecule has 3 rings (SSSR count). The van der Waals surface area contributed by atoms with E-state index in [9.17, 15) is 31.2 Å². The number of benzene rings is 3. The number of methoxy groups -OCH3 is 1. The van der Waals surface area contributed by atoms with E-state index in [-0.39, 0.29) is 17.9 Å². The van der Waals surface area contributed by atoms with Gasteiger partial charge in [0.2, 0.25) is 11.8 Å². The van der Waals surface area contributed by atoms with Crippen LogP contribution >= 0.6 is 11.6 Å². The van der Waals surface area contributed by atoms with Crippen LogP contribution in [0.3, 0.4) is 0 Å². The summed E-state index contributed by atoms with van der Waals surface area (Å²) >= 11 is 5.81. The number of hydrogen-bond donors (Lipinski definition) is 1. The van der Waals surface area contributed by atoms with Gasteiger partial charge in [0.1, 0.15) is 18.3 Å². The third-order valence-corrected chi connectivity index (χ3v) is 8.69. The first-order valence-corrected chi connectivity index (χ1v) is 15.3. The smallest absolute Gasteiger partial charge is 0.417 e. The number of halogens is 4. The zero-order valence-corrected chi connectivity index (χ0v) is 25.5. The van der Waals surface area contributed by atoms with Gasteiger partial charge in [-0.15, -0.1) is 0 Å². The van der Waals surface area contributed by atoms with E-state index in [4.69, 9.17) is 16.3 Å². The number of amides is 2. The van der Waals surface area contributed by atoms with Crippen molar-refractivity contribution in [1.29, 1.82) is 0 Å². The van der Waals surface area contributed by atoms with Gasteiger partial charge in [-0.05, 0) is 60.9 Å². The zero-order chi connectivity index (χ0) is 31.8. The van der Waals surface area contributed by atoms with Gasteiger partial charge in [-0.1, -0.05) is 55.8 Å². The van der Waals surface area contributed by atoms with Gasteiger partial charge in [0, 0.05) is 13.1 Å². The third-order valence-electron chi connectivity index (χ3n) is 6.58. The molecule has 0 spiro atoms. The van der Waals surface area contributed by atoms with Crippen LogP contribution in [0.25, 0.3) is 0 Å². The molecule has 1 atom stereocenters. The highest BCUT2D eigenvalue weighted by Crippen LogP contribution is 2.38. The molecule has 0 aliphatic heterocycles. The molecule has 3 aromatic rings. The van der Waals surface area contributed by atoms with Crippen molar-refractivity contribution in [2.75, 3.05) is 24.5 Å². The molecule has 13 heteroatoms. The van der Waals surface area contributed by atoms with E-state index in [1.54, 1.807) is 37.3 Å². The van der Waals surface area contributed by atoms with Gasteiger partial charge in [0.05, 0.1) is 28.3 Å². The Labute approximate surface area is 254 Å². The van der Waals surface area contributed by atoms with Crippen molar-refractivity contribution in [2.24, 2.45) is 0 Å². The first-order valence-electron chi connectivity index (χ1n) is 13.5. The van der Waals surface area contributed by atoms with E-state index in [1.807, 2.05) is 6.92 Å². The third kappa shape index (κ3) is 8.41. The van der Waals surface area contributed by atoms with E-state index in [0.717, 1.165) is 12.1 Å². The van der Waals surface area contributed by atoms with E-state index < -0.39 is 56.9 Å². The van der Waals surface area contributed by atoms with Gasteiger partial charge >= 0.3 is 6.18 Å². The van der Waals surface area contributed by atoms with Crippen molar-refractivity contribution in [3.05, 3.63) is 88.9 Å². The minimum absolute atomic E-state index is 0.0955. The van der Waals surface area contributed by atoms with Crippen LogP contribution in [0, 0.1) is 0 Å². The second-order valence-corrected chi connectivity index (χ2v) is 11.8. The molecule has 0 radical (unpaired) electrons. The van der Waals surface area contributed by atoms with Crippen molar-refractivity contribution in [3.8, 4) is 5.75 Å². The van der Waals surface area contributed by atoms with Gasteiger partial charge in [0.15, 0.2) is 0 Å². The number of rotatable bonds is 13. The Morgan fingerprint density at radius 3 is 2.30 bits per heavy atom. The number of hydrogen-bond acceptors (Lipinski definition) is 5. The first kappa shape index (κ1) is 33.7. The van der Waals surface area contributed by atoms with Crippen molar-refractivity contribution >= 4 is 39.1 Å². The maximum atomic E-state index is 14.1. The van der Waals surface area contributed by atoms with Crippen molar-refractivity contribution in [1.82, 2.24) is 10.2 Å². The number of carbonyl (C=O) groups is 2. The number of ether oxygens (including phenoxy) is 1. The van der Waals surface area contributed by atoms with Crippen LogP contribution in [0.15, 0.2) is 77.7 Å². The molecule has 0 aliphatic rings. The van der Waals surface area contributed by atoms with Crippen molar-refractivity contribution < 1.29 is 35.9 Å². The van der Waals surface area contributed by atoms with Gasteiger partial charge in [-0.3, -0.25) is 13.9 Å². The number of nitrogens with one attached hydrogen (secondary N) is 1. The molecule has 0 aliphatic carbocycles. The Kier molecular flexibility index (Phi) is 11.5. The summed E-state index contributed by atoms with van der Waals surface area (Å²) < 4.78 is 74.9. The van der Waals surface area contributed by atoms with Gasteiger partial charge < -0.3 is 15.0 Å². The number of alkyl halides is 3. The summed E-state index contributed by atoms with van der Waals surface area (Å²) in [5.74, 6) is -0.740. The highest BCUT2D eigenvalue weighted by atomic mass is 35.5. The number of anilines is 1. The van der Waals surface area contributed by atoms with E-state index >= 15 is 0 Å². The SMILES string of the molecule is CCCNC(=O)[C@H](CC)N(Cc1cccc(OC)c1)C(=O)CN(c1ccc(Cl)c(C(F)(F)F)c1)S(=O)(=O)c1ccccc1. The lowest BCUT2D eigenvalue weighted by Crippen LogP contribution is -2.52. The van der Waals surface area contributed by atoms with Crippen molar-refractivity contribution in [2.45, 2.75) is 50.3 Å².